The summed E-state index contributed by atoms with van der Waals surface area (Å²) in [5.74, 6) is 3.15. The van der Waals surface area contributed by atoms with Crippen molar-refractivity contribution in [1.82, 2.24) is 9.80 Å². The lowest BCUT2D eigenvalue weighted by molar-refractivity contribution is -0.156. The van der Waals surface area contributed by atoms with Gasteiger partial charge >= 0.3 is 11.9 Å². The molecule has 0 heterocycles. The minimum atomic E-state index is -0.739. The van der Waals surface area contributed by atoms with Crippen molar-refractivity contribution in [3.05, 3.63) is 155 Å². The second kappa shape index (κ2) is 26.9. The third-order valence-corrected chi connectivity index (χ3v) is 13.1. The third kappa shape index (κ3) is 14.1. The average Bonchev–Trinajstić information content (AvgIpc) is 3.42. The average molecular weight is 1010 g/mol. The highest BCUT2D eigenvalue weighted by molar-refractivity contribution is 5.91. The second-order valence-corrected chi connectivity index (χ2v) is 17.8. The molecule has 2 unspecified atom stereocenters. The first-order chi connectivity index (χ1) is 35.8. The fourth-order valence-corrected chi connectivity index (χ4v) is 8.85. The molecule has 0 amide bonds. The molecule has 0 bridgehead atoms. The molecule has 0 radical (unpaired) electrons. The lowest BCUT2D eigenvalue weighted by atomic mass is 9.99. The lowest BCUT2D eigenvalue weighted by Crippen LogP contribution is -2.36. The van der Waals surface area contributed by atoms with Crippen LogP contribution in [0.2, 0.25) is 0 Å². The monoisotopic (exact) mass is 1010 g/mol. The van der Waals surface area contributed by atoms with Crippen LogP contribution in [0.1, 0.15) is 46.2 Å². The maximum absolute atomic E-state index is 13.9. The zero-order valence-electron chi connectivity index (χ0n) is 44.7. The molecule has 6 aromatic rings. The Morgan fingerprint density at radius 2 is 0.770 bits per heavy atom. The number of nitrogens with zero attached hydrogens (tertiary/aromatic N) is 2. The summed E-state index contributed by atoms with van der Waals surface area (Å²) in [6.45, 7) is 5.01. The molecule has 0 aromatic heterocycles. The summed E-state index contributed by atoms with van der Waals surface area (Å²) in [6, 6.07) is 35.9. The van der Waals surface area contributed by atoms with Crippen molar-refractivity contribution in [1.29, 1.82) is 0 Å². The van der Waals surface area contributed by atoms with Crippen LogP contribution in [0.4, 0.5) is 0 Å². The number of ether oxygens (including phenoxy) is 10. The van der Waals surface area contributed by atoms with Crippen molar-refractivity contribution >= 4 is 11.9 Å². The SMILES string of the molecule is COc1ccc(-c2ccc(C)c(CN(C)C(CCc3ccc(OC)c(OC)c3OC)OC(=O)/C=C/C(=O)OC(CCc3ccc(OC)c(OC)c3OC)N(C)Cc3cc(-c4ccc(OC)cc4)ccc3C)c2)cc1. The Labute approximate surface area is 436 Å². The Morgan fingerprint density at radius 3 is 1.09 bits per heavy atom. The van der Waals surface area contributed by atoms with Crippen molar-refractivity contribution in [2.45, 2.75) is 65.1 Å². The van der Waals surface area contributed by atoms with E-state index in [4.69, 9.17) is 47.4 Å². The Balaban J connectivity index is 1.24. The first-order valence-corrected chi connectivity index (χ1v) is 24.3. The van der Waals surface area contributed by atoms with Crippen LogP contribution in [0.5, 0.6) is 46.0 Å². The summed E-state index contributed by atoms with van der Waals surface area (Å²) in [7, 11) is 16.5. The van der Waals surface area contributed by atoms with E-state index in [2.05, 4.69) is 50.2 Å². The van der Waals surface area contributed by atoms with E-state index in [9.17, 15) is 9.59 Å². The fourth-order valence-electron chi connectivity index (χ4n) is 8.85. The molecular formula is C60H70N2O12. The van der Waals surface area contributed by atoms with Gasteiger partial charge in [-0.15, -0.1) is 0 Å². The molecule has 0 aliphatic heterocycles. The van der Waals surface area contributed by atoms with Gasteiger partial charge in [-0.05, 0) is 145 Å². The maximum Gasteiger partial charge on any atom is 0.332 e. The number of hydrogen-bond acceptors (Lipinski definition) is 14. The van der Waals surface area contributed by atoms with E-state index in [1.165, 1.54) is 0 Å². The highest BCUT2D eigenvalue weighted by Crippen LogP contribution is 2.42. The molecule has 0 N–H and O–H groups in total. The molecule has 0 saturated heterocycles. The normalized spacial score (nSPS) is 12.0. The summed E-state index contributed by atoms with van der Waals surface area (Å²) < 4.78 is 57.2. The highest BCUT2D eigenvalue weighted by Gasteiger charge is 2.25. The smallest absolute Gasteiger partial charge is 0.332 e. The Morgan fingerprint density at radius 1 is 0.419 bits per heavy atom. The summed E-state index contributed by atoms with van der Waals surface area (Å²) in [6.07, 6.45) is 2.39. The van der Waals surface area contributed by atoms with Gasteiger partial charge in [-0.3, -0.25) is 9.80 Å². The van der Waals surface area contributed by atoms with Crippen molar-refractivity contribution in [2.75, 3.05) is 71.0 Å². The number of rotatable bonds is 26. The number of methoxy groups -OCH3 is 8. The van der Waals surface area contributed by atoms with Gasteiger partial charge in [0.15, 0.2) is 35.5 Å². The molecule has 6 rings (SSSR count). The second-order valence-electron chi connectivity index (χ2n) is 17.8. The predicted octanol–water partition coefficient (Wildman–Crippen LogP) is 10.8. The van der Waals surface area contributed by atoms with E-state index in [-0.39, 0.29) is 0 Å². The number of hydrogen-bond donors (Lipinski definition) is 0. The Hall–Kier alpha value is -7.68. The fraction of sp³-hybridized carbons (Fsp3) is 0.333. The van der Waals surface area contributed by atoms with Crippen molar-refractivity contribution in [2.24, 2.45) is 0 Å². The van der Waals surface area contributed by atoms with Gasteiger partial charge in [-0.25, -0.2) is 9.59 Å². The molecule has 6 aromatic carbocycles. The molecule has 2 atom stereocenters. The van der Waals surface area contributed by atoms with Crippen LogP contribution in [0.3, 0.4) is 0 Å². The van der Waals surface area contributed by atoms with Gasteiger partial charge in [0.05, 0.1) is 56.9 Å². The van der Waals surface area contributed by atoms with E-state index in [1.807, 2.05) is 96.7 Å². The number of aryl methyl sites for hydroxylation is 4. The molecule has 0 saturated carbocycles. The molecular weight excluding hydrogens is 941 g/mol. The first-order valence-electron chi connectivity index (χ1n) is 24.3. The van der Waals surface area contributed by atoms with E-state index in [1.54, 1.807) is 56.9 Å². The molecule has 0 fully saturated rings. The first kappa shape index (κ1) is 55.6. The maximum atomic E-state index is 13.9. The van der Waals surface area contributed by atoms with Crippen LogP contribution in [0, 0.1) is 13.8 Å². The predicted molar refractivity (Wildman–Crippen MR) is 287 cm³/mol. The van der Waals surface area contributed by atoms with E-state index in [0.717, 1.165) is 79.3 Å². The van der Waals surface area contributed by atoms with Gasteiger partial charge in [0.25, 0.3) is 0 Å². The van der Waals surface area contributed by atoms with Gasteiger partial charge in [-0.2, -0.15) is 0 Å². The van der Waals surface area contributed by atoms with Crippen LogP contribution < -0.4 is 37.9 Å². The minimum Gasteiger partial charge on any atom is -0.497 e. The largest absolute Gasteiger partial charge is 0.497 e. The van der Waals surface area contributed by atoms with Gasteiger partial charge in [0.1, 0.15) is 11.5 Å². The van der Waals surface area contributed by atoms with Crippen LogP contribution in [-0.2, 0) is 45.0 Å². The molecule has 74 heavy (non-hydrogen) atoms. The van der Waals surface area contributed by atoms with Gasteiger partial charge < -0.3 is 47.4 Å². The van der Waals surface area contributed by atoms with E-state index in [0.29, 0.717) is 73.3 Å². The lowest BCUT2D eigenvalue weighted by Gasteiger charge is -2.29. The number of esters is 2. The third-order valence-electron chi connectivity index (χ3n) is 13.1. The zero-order valence-corrected chi connectivity index (χ0v) is 44.7. The van der Waals surface area contributed by atoms with Crippen molar-refractivity contribution in [3.8, 4) is 68.2 Å². The zero-order chi connectivity index (χ0) is 53.3. The summed E-state index contributed by atoms with van der Waals surface area (Å²) in [5, 5.41) is 0. The van der Waals surface area contributed by atoms with Crippen LogP contribution in [0.25, 0.3) is 22.3 Å². The Kier molecular flexibility index (Phi) is 20.2. The molecule has 0 spiro atoms. The van der Waals surface area contributed by atoms with Crippen LogP contribution >= 0.6 is 0 Å². The van der Waals surface area contributed by atoms with Crippen molar-refractivity contribution < 1.29 is 57.0 Å². The topological polar surface area (TPSA) is 133 Å². The summed E-state index contributed by atoms with van der Waals surface area (Å²) in [5.41, 5.74) is 10.1. The number of carbonyl (C=O) groups excluding carboxylic acids is 2. The van der Waals surface area contributed by atoms with Crippen molar-refractivity contribution in [3.63, 3.8) is 0 Å². The van der Waals surface area contributed by atoms with E-state index < -0.39 is 24.4 Å². The molecule has 0 aliphatic carbocycles. The summed E-state index contributed by atoms with van der Waals surface area (Å²) in [4.78, 5) is 31.8. The minimum absolute atomic E-state index is 0.370. The van der Waals surface area contributed by atoms with Gasteiger partial charge in [0.2, 0.25) is 11.5 Å². The van der Waals surface area contributed by atoms with Crippen LogP contribution in [0.15, 0.2) is 121 Å². The highest BCUT2D eigenvalue weighted by atomic mass is 16.6. The molecule has 0 aliphatic rings. The number of carbonyl (C=O) groups is 2. The van der Waals surface area contributed by atoms with Crippen LogP contribution in [-0.4, -0.2) is 105 Å². The van der Waals surface area contributed by atoms with Gasteiger partial charge in [-0.1, -0.05) is 60.7 Å². The molecule has 14 heteroatoms. The Bertz CT molecular complexity index is 2650. The molecule has 14 nitrogen and oxygen atoms in total. The standard InChI is InChI=1S/C60H70N2O12/c1-39-13-15-45(41-17-25-49(65-5)26-18-41)35-47(39)37-61(3)53(31-23-43-21-29-51(67-7)59(71-11)57(43)69-9)73-55(63)33-34-56(64)74-54(32-24-44-22-30-52(68-8)60(72-12)58(44)70-10)62(4)38-48-36-46(16-14-40(48)2)42-19-27-50(66-6)28-20-42/h13-22,25-30,33-36,53-54H,23-24,31-32,37-38H2,1-12H3/b34-33+. The summed E-state index contributed by atoms with van der Waals surface area (Å²) >= 11 is 0. The number of benzene rings is 6. The quantitative estimate of drug-likeness (QED) is 0.0290. The molecule has 392 valence electrons. The van der Waals surface area contributed by atoms with E-state index >= 15 is 0 Å². The van der Waals surface area contributed by atoms with Gasteiger partial charge in [0, 0.05) is 38.1 Å².